The summed E-state index contributed by atoms with van der Waals surface area (Å²) in [4.78, 5) is 23.6. The van der Waals surface area contributed by atoms with Crippen molar-refractivity contribution in [3.05, 3.63) is 34.9 Å². The van der Waals surface area contributed by atoms with Gasteiger partial charge in [-0.2, -0.15) is 0 Å². The van der Waals surface area contributed by atoms with E-state index in [-0.39, 0.29) is 17.7 Å². The predicted octanol–water partition coefficient (Wildman–Crippen LogP) is 1.35. The molecular weight excluding hydrogens is 292 g/mol. The van der Waals surface area contributed by atoms with Gasteiger partial charge >= 0.3 is 0 Å². The number of aliphatic hydroxyl groups excluding tert-OH is 1. The van der Waals surface area contributed by atoms with Gasteiger partial charge in [0.05, 0.1) is 12.0 Å². The first-order valence-corrected chi connectivity index (χ1v) is 7.45. The van der Waals surface area contributed by atoms with Crippen LogP contribution in [0.5, 0.6) is 0 Å². The minimum absolute atomic E-state index is 0.138. The van der Waals surface area contributed by atoms with Crippen molar-refractivity contribution in [1.29, 1.82) is 0 Å². The lowest BCUT2D eigenvalue weighted by molar-refractivity contribution is -0.127. The fourth-order valence-electron chi connectivity index (χ4n) is 2.44. The molecule has 5 nitrogen and oxygen atoms in total. The molecule has 1 aliphatic rings. The number of hydrogen-bond acceptors (Lipinski definition) is 3. The molecule has 0 aliphatic heterocycles. The molecule has 6 heteroatoms. The summed E-state index contributed by atoms with van der Waals surface area (Å²) in [6, 6.07) is 6.59. The largest absolute Gasteiger partial charge is 0.392 e. The van der Waals surface area contributed by atoms with E-state index >= 15 is 0 Å². The van der Waals surface area contributed by atoms with Gasteiger partial charge in [0.1, 0.15) is 0 Å². The van der Waals surface area contributed by atoms with Gasteiger partial charge < -0.3 is 15.7 Å². The van der Waals surface area contributed by atoms with E-state index in [0.29, 0.717) is 30.1 Å². The Kier molecular flexibility index (Phi) is 5.59. The van der Waals surface area contributed by atoms with E-state index in [1.165, 1.54) is 0 Å². The number of hydrogen-bond donors (Lipinski definition) is 3. The number of carbonyl (C=O) groups is 2. The van der Waals surface area contributed by atoms with Crippen LogP contribution in [0.1, 0.15) is 29.6 Å². The smallest absolute Gasteiger partial charge is 0.251 e. The quantitative estimate of drug-likeness (QED) is 0.718. The second kappa shape index (κ2) is 7.43. The van der Waals surface area contributed by atoms with Crippen molar-refractivity contribution in [3.8, 4) is 0 Å². The number of rotatable bonds is 5. The van der Waals surface area contributed by atoms with E-state index in [1.54, 1.807) is 24.3 Å². The molecule has 1 aromatic rings. The van der Waals surface area contributed by atoms with Crippen LogP contribution in [0.3, 0.4) is 0 Å². The Hall–Kier alpha value is -1.59. The maximum Gasteiger partial charge on any atom is 0.251 e. The molecule has 2 amide bonds. The van der Waals surface area contributed by atoms with E-state index in [1.807, 2.05) is 0 Å². The van der Waals surface area contributed by atoms with E-state index in [0.717, 1.165) is 12.8 Å². The number of halogens is 1. The first kappa shape index (κ1) is 15.8. The van der Waals surface area contributed by atoms with Gasteiger partial charge in [-0.1, -0.05) is 11.6 Å². The molecule has 0 spiro atoms. The third kappa shape index (κ3) is 4.44. The molecule has 1 saturated carbocycles. The minimum atomic E-state index is -0.534. The second-order valence-corrected chi connectivity index (χ2v) is 5.60. The Balaban J connectivity index is 1.68. The Labute approximate surface area is 128 Å². The Morgan fingerprint density at radius 1 is 1.14 bits per heavy atom. The molecule has 1 aromatic carbocycles. The predicted molar refractivity (Wildman–Crippen MR) is 80.1 cm³/mol. The highest BCUT2D eigenvalue weighted by atomic mass is 35.5. The first-order valence-electron chi connectivity index (χ1n) is 7.07. The summed E-state index contributed by atoms with van der Waals surface area (Å²) in [6.07, 6.45) is 1.76. The number of aliphatic hydroxyl groups is 1. The van der Waals surface area contributed by atoms with Gasteiger partial charge in [-0.3, -0.25) is 9.59 Å². The van der Waals surface area contributed by atoms with Crippen molar-refractivity contribution < 1.29 is 14.7 Å². The molecular formula is C15H19ClN2O3. The van der Waals surface area contributed by atoms with E-state index in [2.05, 4.69) is 10.6 Å². The highest BCUT2D eigenvalue weighted by Gasteiger charge is 2.30. The van der Waals surface area contributed by atoms with Gasteiger partial charge in [-0.05, 0) is 43.5 Å². The Bertz CT molecular complexity index is 504. The molecule has 0 heterocycles. The van der Waals surface area contributed by atoms with Crippen molar-refractivity contribution in [1.82, 2.24) is 10.6 Å². The van der Waals surface area contributed by atoms with Crippen molar-refractivity contribution in [3.63, 3.8) is 0 Å². The summed E-state index contributed by atoms with van der Waals surface area (Å²) in [5, 5.41) is 15.7. The monoisotopic (exact) mass is 310 g/mol. The van der Waals surface area contributed by atoms with Crippen molar-refractivity contribution >= 4 is 23.4 Å². The molecule has 0 bridgehead atoms. The van der Waals surface area contributed by atoms with Crippen molar-refractivity contribution in [2.24, 2.45) is 5.92 Å². The fourth-order valence-corrected chi connectivity index (χ4v) is 2.57. The van der Waals surface area contributed by atoms with Gasteiger partial charge in [-0.25, -0.2) is 0 Å². The van der Waals surface area contributed by atoms with Gasteiger partial charge in [0.25, 0.3) is 5.91 Å². The molecule has 1 aliphatic carbocycles. The lowest BCUT2D eigenvalue weighted by Crippen LogP contribution is -2.39. The zero-order valence-corrected chi connectivity index (χ0v) is 12.4. The molecule has 0 saturated heterocycles. The number of carbonyl (C=O) groups excluding carboxylic acids is 2. The lowest BCUT2D eigenvalue weighted by Gasteiger charge is -2.14. The SMILES string of the molecule is O=C(NCCNC(=O)C1CCCC1O)c1ccc(Cl)cc1. The average Bonchev–Trinajstić information content (AvgIpc) is 2.90. The third-order valence-corrected chi connectivity index (χ3v) is 3.88. The topological polar surface area (TPSA) is 78.4 Å². The molecule has 21 heavy (non-hydrogen) atoms. The van der Waals surface area contributed by atoms with Crippen LogP contribution < -0.4 is 10.6 Å². The molecule has 2 rings (SSSR count). The van der Waals surface area contributed by atoms with Crippen LogP contribution in [0, 0.1) is 5.92 Å². The summed E-state index contributed by atoms with van der Waals surface area (Å²) in [5.41, 5.74) is 0.525. The summed E-state index contributed by atoms with van der Waals surface area (Å²) < 4.78 is 0. The maximum absolute atomic E-state index is 11.8. The molecule has 0 aromatic heterocycles. The highest BCUT2D eigenvalue weighted by molar-refractivity contribution is 6.30. The molecule has 2 unspecified atom stereocenters. The minimum Gasteiger partial charge on any atom is -0.392 e. The zero-order valence-electron chi connectivity index (χ0n) is 11.6. The van der Waals surface area contributed by atoms with E-state index in [9.17, 15) is 14.7 Å². The fraction of sp³-hybridized carbons (Fsp3) is 0.467. The van der Waals surface area contributed by atoms with Crippen LogP contribution >= 0.6 is 11.6 Å². The number of nitrogens with one attached hydrogen (secondary N) is 2. The van der Waals surface area contributed by atoms with Gasteiger partial charge in [0.15, 0.2) is 0 Å². The van der Waals surface area contributed by atoms with Crippen LogP contribution in [-0.2, 0) is 4.79 Å². The van der Waals surface area contributed by atoms with Crippen LogP contribution in [0.15, 0.2) is 24.3 Å². The van der Waals surface area contributed by atoms with Crippen LogP contribution in [-0.4, -0.2) is 36.1 Å². The summed E-state index contributed by atoms with van der Waals surface area (Å²) in [6.45, 7) is 0.692. The van der Waals surface area contributed by atoms with Gasteiger partial charge in [-0.15, -0.1) is 0 Å². The second-order valence-electron chi connectivity index (χ2n) is 5.16. The van der Waals surface area contributed by atoms with Crippen molar-refractivity contribution in [2.45, 2.75) is 25.4 Å². The summed E-state index contributed by atoms with van der Waals surface area (Å²) in [5.74, 6) is -0.653. The molecule has 0 radical (unpaired) electrons. The number of amides is 2. The normalized spacial score (nSPS) is 21.0. The zero-order chi connectivity index (χ0) is 15.2. The van der Waals surface area contributed by atoms with Gasteiger partial charge in [0, 0.05) is 23.7 Å². The number of benzene rings is 1. The highest BCUT2D eigenvalue weighted by Crippen LogP contribution is 2.25. The summed E-state index contributed by atoms with van der Waals surface area (Å²) in [7, 11) is 0. The Morgan fingerprint density at radius 3 is 2.43 bits per heavy atom. The third-order valence-electron chi connectivity index (χ3n) is 3.63. The van der Waals surface area contributed by atoms with Crippen molar-refractivity contribution in [2.75, 3.05) is 13.1 Å². The van der Waals surface area contributed by atoms with Gasteiger partial charge in [0.2, 0.25) is 5.91 Å². The van der Waals surface area contributed by atoms with Crippen LogP contribution in [0.4, 0.5) is 0 Å². The average molecular weight is 311 g/mol. The molecule has 2 atom stereocenters. The maximum atomic E-state index is 11.8. The molecule has 1 fully saturated rings. The van der Waals surface area contributed by atoms with Crippen LogP contribution in [0.2, 0.25) is 5.02 Å². The van der Waals surface area contributed by atoms with E-state index < -0.39 is 6.10 Å². The van der Waals surface area contributed by atoms with E-state index in [4.69, 9.17) is 11.6 Å². The lowest BCUT2D eigenvalue weighted by atomic mass is 10.1. The van der Waals surface area contributed by atoms with Crippen LogP contribution in [0.25, 0.3) is 0 Å². The Morgan fingerprint density at radius 2 is 1.81 bits per heavy atom. The molecule has 114 valence electrons. The summed E-state index contributed by atoms with van der Waals surface area (Å²) >= 11 is 5.75. The first-order chi connectivity index (χ1) is 10.1. The molecule has 3 N–H and O–H groups in total. The standard InChI is InChI=1S/C15H19ClN2O3/c16-11-6-4-10(5-7-11)14(20)17-8-9-18-15(21)12-2-1-3-13(12)19/h4-7,12-13,19H,1-3,8-9H2,(H,17,20)(H,18,21).